The van der Waals surface area contributed by atoms with Gasteiger partial charge in [0.2, 0.25) is 5.91 Å². The van der Waals surface area contributed by atoms with Gasteiger partial charge >= 0.3 is 0 Å². The minimum Gasteiger partial charge on any atom is -0.508 e. The fourth-order valence-corrected chi connectivity index (χ4v) is 2.17. The van der Waals surface area contributed by atoms with Gasteiger partial charge in [-0.05, 0) is 30.5 Å². The first kappa shape index (κ1) is 12.9. The van der Waals surface area contributed by atoms with E-state index in [0.29, 0.717) is 13.0 Å². The summed E-state index contributed by atoms with van der Waals surface area (Å²) in [6.45, 7) is 1.46. The van der Waals surface area contributed by atoms with E-state index in [4.69, 9.17) is 4.74 Å². The maximum Gasteiger partial charge on any atom is 0.226 e. The number of phenolic OH excluding ortho intramolecular Hbond substituents is 1. The first-order valence-electron chi connectivity index (χ1n) is 6.28. The molecule has 98 valence electrons. The molecular formula is C14H19NO3. The number of carbonyl (C=O) groups excluding carboxylic acids is 1. The second-order valence-corrected chi connectivity index (χ2v) is 4.76. The number of benzene rings is 1. The molecule has 0 saturated carbocycles. The van der Waals surface area contributed by atoms with Crippen molar-refractivity contribution in [3.05, 3.63) is 29.8 Å². The number of amides is 1. The Morgan fingerprint density at radius 3 is 3.06 bits per heavy atom. The van der Waals surface area contributed by atoms with E-state index in [1.165, 1.54) is 0 Å². The summed E-state index contributed by atoms with van der Waals surface area (Å²) in [4.78, 5) is 13.7. The molecule has 1 unspecified atom stereocenters. The molecule has 1 aromatic carbocycles. The maximum absolute atomic E-state index is 12.0. The van der Waals surface area contributed by atoms with E-state index in [1.807, 2.05) is 6.07 Å². The van der Waals surface area contributed by atoms with Crippen LogP contribution in [0.15, 0.2) is 24.3 Å². The first-order chi connectivity index (χ1) is 8.65. The lowest BCUT2D eigenvalue weighted by molar-refractivity contribution is -0.130. The molecule has 1 heterocycles. The quantitative estimate of drug-likeness (QED) is 0.881. The highest BCUT2D eigenvalue weighted by molar-refractivity contribution is 5.78. The van der Waals surface area contributed by atoms with Crippen LogP contribution < -0.4 is 0 Å². The monoisotopic (exact) mass is 249 g/mol. The molecular weight excluding hydrogens is 230 g/mol. The van der Waals surface area contributed by atoms with E-state index in [-0.39, 0.29) is 17.8 Å². The van der Waals surface area contributed by atoms with Crippen molar-refractivity contribution in [2.24, 2.45) is 0 Å². The Morgan fingerprint density at radius 2 is 2.39 bits per heavy atom. The largest absolute Gasteiger partial charge is 0.508 e. The van der Waals surface area contributed by atoms with Gasteiger partial charge in [0.1, 0.15) is 5.75 Å². The zero-order valence-electron chi connectivity index (χ0n) is 10.6. The fourth-order valence-electron chi connectivity index (χ4n) is 2.17. The Bertz CT molecular complexity index is 413. The van der Waals surface area contributed by atoms with Crippen LogP contribution in [0.4, 0.5) is 0 Å². The summed E-state index contributed by atoms with van der Waals surface area (Å²) in [7, 11) is 1.80. The molecule has 0 aromatic heterocycles. The van der Waals surface area contributed by atoms with Gasteiger partial charge in [-0.1, -0.05) is 12.1 Å². The SMILES string of the molecule is CN(CC1CCCO1)C(=O)Cc1cccc(O)c1. The van der Waals surface area contributed by atoms with E-state index >= 15 is 0 Å². The van der Waals surface area contributed by atoms with Gasteiger partial charge < -0.3 is 14.7 Å². The molecule has 1 amide bonds. The summed E-state index contributed by atoms with van der Waals surface area (Å²) in [6.07, 6.45) is 2.61. The number of hydrogen-bond acceptors (Lipinski definition) is 3. The van der Waals surface area contributed by atoms with Crippen molar-refractivity contribution in [1.82, 2.24) is 4.90 Å². The summed E-state index contributed by atoms with van der Waals surface area (Å²) in [5, 5.41) is 9.35. The number of ether oxygens (including phenoxy) is 1. The van der Waals surface area contributed by atoms with E-state index in [2.05, 4.69) is 0 Å². The fraction of sp³-hybridized carbons (Fsp3) is 0.500. The number of likely N-dealkylation sites (N-methyl/N-ethyl adjacent to an activating group) is 1. The van der Waals surface area contributed by atoms with Crippen molar-refractivity contribution in [1.29, 1.82) is 0 Å². The van der Waals surface area contributed by atoms with Gasteiger partial charge in [-0.15, -0.1) is 0 Å². The topological polar surface area (TPSA) is 49.8 Å². The van der Waals surface area contributed by atoms with E-state index < -0.39 is 0 Å². The third kappa shape index (κ3) is 3.47. The Morgan fingerprint density at radius 1 is 1.56 bits per heavy atom. The van der Waals surface area contributed by atoms with Crippen LogP contribution >= 0.6 is 0 Å². The Kier molecular flexibility index (Phi) is 4.20. The highest BCUT2D eigenvalue weighted by Crippen LogP contribution is 2.15. The van der Waals surface area contributed by atoms with Crippen LogP contribution in [-0.2, 0) is 16.0 Å². The Balaban J connectivity index is 1.86. The van der Waals surface area contributed by atoms with E-state index in [1.54, 1.807) is 30.1 Å². The Hall–Kier alpha value is -1.55. The van der Waals surface area contributed by atoms with Gasteiger partial charge in [0.25, 0.3) is 0 Å². The van der Waals surface area contributed by atoms with Crippen LogP contribution in [0.2, 0.25) is 0 Å². The van der Waals surface area contributed by atoms with E-state index in [9.17, 15) is 9.90 Å². The second-order valence-electron chi connectivity index (χ2n) is 4.76. The molecule has 4 nitrogen and oxygen atoms in total. The normalized spacial score (nSPS) is 18.8. The molecule has 18 heavy (non-hydrogen) atoms. The van der Waals surface area contributed by atoms with Crippen LogP contribution in [0.3, 0.4) is 0 Å². The third-order valence-electron chi connectivity index (χ3n) is 3.19. The molecule has 1 N–H and O–H groups in total. The van der Waals surface area contributed by atoms with E-state index in [0.717, 1.165) is 25.0 Å². The van der Waals surface area contributed by atoms with Crippen molar-refractivity contribution >= 4 is 5.91 Å². The average molecular weight is 249 g/mol. The molecule has 2 rings (SSSR count). The number of nitrogens with zero attached hydrogens (tertiary/aromatic N) is 1. The van der Waals surface area contributed by atoms with Gasteiger partial charge in [-0.2, -0.15) is 0 Å². The van der Waals surface area contributed by atoms with Gasteiger partial charge in [0.05, 0.1) is 12.5 Å². The van der Waals surface area contributed by atoms with Crippen molar-refractivity contribution in [3.8, 4) is 5.75 Å². The standard InChI is InChI=1S/C14H19NO3/c1-15(10-13-6-3-7-18-13)14(17)9-11-4-2-5-12(16)8-11/h2,4-5,8,13,16H,3,6-7,9-10H2,1H3. The lowest BCUT2D eigenvalue weighted by atomic mass is 10.1. The van der Waals surface area contributed by atoms with Gasteiger partial charge in [0, 0.05) is 20.2 Å². The lowest BCUT2D eigenvalue weighted by Crippen LogP contribution is -2.35. The molecule has 1 aliphatic heterocycles. The molecule has 4 heteroatoms. The third-order valence-corrected chi connectivity index (χ3v) is 3.19. The minimum atomic E-state index is 0.0519. The van der Waals surface area contributed by atoms with Gasteiger partial charge in [0.15, 0.2) is 0 Å². The number of aromatic hydroxyl groups is 1. The van der Waals surface area contributed by atoms with Crippen molar-refractivity contribution in [2.45, 2.75) is 25.4 Å². The molecule has 1 aromatic rings. The first-order valence-corrected chi connectivity index (χ1v) is 6.28. The number of hydrogen-bond donors (Lipinski definition) is 1. The second kappa shape index (κ2) is 5.87. The molecule has 1 atom stereocenters. The van der Waals surface area contributed by atoms with Crippen molar-refractivity contribution in [3.63, 3.8) is 0 Å². The van der Waals surface area contributed by atoms with Crippen LogP contribution in [0, 0.1) is 0 Å². The van der Waals surface area contributed by atoms with Crippen molar-refractivity contribution in [2.75, 3.05) is 20.2 Å². The Labute approximate surface area is 107 Å². The van der Waals surface area contributed by atoms with Crippen molar-refractivity contribution < 1.29 is 14.6 Å². The van der Waals surface area contributed by atoms with Crippen LogP contribution in [-0.4, -0.2) is 42.2 Å². The zero-order valence-corrected chi connectivity index (χ0v) is 10.6. The molecule has 1 fully saturated rings. The van der Waals surface area contributed by atoms with Crippen LogP contribution in [0.1, 0.15) is 18.4 Å². The number of rotatable bonds is 4. The highest BCUT2D eigenvalue weighted by atomic mass is 16.5. The minimum absolute atomic E-state index is 0.0519. The lowest BCUT2D eigenvalue weighted by Gasteiger charge is -2.20. The molecule has 0 radical (unpaired) electrons. The molecule has 0 aliphatic carbocycles. The molecule has 1 aliphatic rings. The smallest absolute Gasteiger partial charge is 0.226 e. The summed E-state index contributed by atoms with van der Waals surface area (Å²) < 4.78 is 5.51. The number of phenols is 1. The predicted molar refractivity (Wildman–Crippen MR) is 68.4 cm³/mol. The number of carbonyl (C=O) groups is 1. The van der Waals surface area contributed by atoms with Gasteiger partial charge in [-0.25, -0.2) is 0 Å². The summed E-state index contributed by atoms with van der Waals surface area (Å²) in [5.41, 5.74) is 0.833. The maximum atomic E-state index is 12.0. The summed E-state index contributed by atoms with van der Waals surface area (Å²) >= 11 is 0. The summed E-state index contributed by atoms with van der Waals surface area (Å²) in [5.74, 6) is 0.248. The summed E-state index contributed by atoms with van der Waals surface area (Å²) in [6, 6.07) is 6.82. The average Bonchev–Trinajstić information content (AvgIpc) is 2.81. The molecule has 0 spiro atoms. The predicted octanol–water partition coefficient (Wildman–Crippen LogP) is 1.57. The van der Waals surface area contributed by atoms with Crippen LogP contribution in [0.5, 0.6) is 5.75 Å². The molecule has 1 saturated heterocycles. The van der Waals surface area contributed by atoms with Gasteiger partial charge in [-0.3, -0.25) is 4.79 Å². The van der Waals surface area contributed by atoms with Crippen LogP contribution in [0.25, 0.3) is 0 Å². The zero-order chi connectivity index (χ0) is 13.0. The molecule has 0 bridgehead atoms. The highest BCUT2D eigenvalue weighted by Gasteiger charge is 2.20.